The second-order valence-electron chi connectivity index (χ2n) is 13.0. The number of aromatic amines is 1. The number of nitrogens with zero attached hydrogens (tertiary/aromatic N) is 2. The van der Waals surface area contributed by atoms with Gasteiger partial charge in [-0.3, -0.25) is 14.4 Å². The van der Waals surface area contributed by atoms with E-state index in [0.717, 1.165) is 33.2 Å². The number of hydrogen-bond acceptors (Lipinski definition) is 5. The van der Waals surface area contributed by atoms with E-state index in [-0.39, 0.29) is 17.7 Å². The lowest BCUT2D eigenvalue weighted by Gasteiger charge is -2.35. The average molecular weight is 713 g/mol. The topological polar surface area (TPSA) is 134 Å². The van der Waals surface area contributed by atoms with E-state index >= 15 is 4.79 Å². The number of rotatable bonds is 12. The van der Waals surface area contributed by atoms with Crippen LogP contribution in [-0.2, 0) is 32.5 Å². The van der Waals surface area contributed by atoms with E-state index in [1.165, 1.54) is 36.2 Å². The number of hydrogen-bond donors (Lipinski definition) is 2. The Morgan fingerprint density at radius 2 is 1.29 bits per heavy atom. The van der Waals surface area contributed by atoms with Gasteiger partial charge in [0.25, 0.3) is 21.8 Å². The van der Waals surface area contributed by atoms with Crippen LogP contribution in [0.5, 0.6) is 0 Å². The van der Waals surface area contributed by atoms with Crippen molar-refractivity contribution in [3.8, 4) is 11.1 Å². The van der Waals surface area contributed by atoms with Crippen LogP contribution in [0, 0.1) is 13.8 Å². The highest BCUT2D eigenvalue weighted by Crippen LogP contribution is 2.28. The summed E-state index contributed by atoms with van der Waals surface area (Å²) in [6.07, 6.45) is 1.45. The van der Waals surface area contributed by atoms with Gasteiger partial charge in [0, 0.05) is 42.6 Å². The summed E-state index contributed by atoms with van der Waals surface area (Å²) in [6, 6.07) is 34.6. The average Bonchev–Trinajstić information content (AvgIpc) is 3.56. The number of primary amides is 1. The first-order valence-electron chi connectivity index (χ1n) is 16.9. The van der Waals surface area contributed by atoms with Gasteiger partial charge in [-0.05, 0) is 66.4 Å². The summed E-state index contributed by atoms with van der Waals surface area (Å²) in [5.41, 5.74) is 12.1. The molecule has 3 N–H and O–H groups in total. The van der Waals surface area contributed by atoms with Gasteiger partial charge in [0.2, 0.25) is 5.91 Å². The number of amides is 3. The van der Waals surface area contributed by atoms with Crippen molar-refractivity contribution in [3.63, 3.8) is 0 Å². The van der Waals surface area contributed by atoms with Gasteiger partial charge in [-0.1, -0.05) is 108 Å². The summed E-state index contributed by atoms with van der Waals surface area (Å²) in [5.74, 6) is -2.44. The lowest BCUT2D eigenvalue weighted by Crippen LogP contribution is -2.58. The maximum absolute atomic E-state index is 15.1. The van der Waals surface area contributed by atoms with E-state index in [0.29, 0.717) is 21.0 Å². The van der Waals surface area contributed by atoms with Crippen molar-refractivity contribution in [2.75, 3.05) is 7.05 Å². The second-order valence-corrected chi connectivity index (χ2v) is 14.8. The third-order valence-corrected chi connectivity index (χ3v) is 11.1. The first kappa shape index (κ1) is 35.8. The Morgan fingerprint density at radius 1 is 0.712 bits per heavy atom. The molecule has 1 heterocycles. The number of H-pyrrole nitrogens is 1. The Hall–Kier alpha value is -6.00. The molecule has 0 aliphatic carbocycles. The number of fused-ring (bicyclic) bond motifs is 1. The fraction of sp³-hybridized carbons (Fsp3) is 0.167. The fourth-order valence-electron chi connectivity index (χ4n) is 6.62. The van der Waals surface area contributed by atoms with Gasteiger partial charge in [-0.2, -0.15) is 0 Å². The Kier molecular flexibility index (Phi) is 10.4. The third kappa shape index (κ3) is 7.52. The molecule has 0 spiro atoms. The van der Waals surface area contributed by atoms with E-state index in [1.807, 2.05) is 98.8 Å². The van der Waals surface area contributed by atoms with Crippen molar-refractivity contribution in [1.29, 1.82) is 0 Å². The molecule has 9 nitrogen and oxygen atoms in total. The summed E-state index contributed by atoms with van der Waals surface area (Å²) < 4.78 is 29.8. The van der Waals surface area contributed by atoms with Crippen LogP contribution >= 0.6 is 0 Å². The lowest BCUT2D eigenvalue weighted by molar-refractivity contribution is -0.137. The first-order valence-corrected chi connectivity index (χ1v) is 18.4. The molecule has 0 unspecified atom stereocenters. The van der Waals surface area contributed by atoms with Gasteiger partial charge in [-0.15, -0.1) is 0 Å². The molecule has 0 bridgehead atoms. The van der Waals surface area contributed by atoms with Crippen LogP contribution in [0.1, 0.15) is 32.6 Å². The summed E-state index contributed by atoms with van der Waals surface area (Å²) in [5, 5.41) is 0.760. The summed E-state index contributed by atoms with van der Waals surface area (Å²) in [4.78, 5) is 47.0. The molecule has 2 atom stereocenters. The van der Waals surface area contributed by atoms with Crippen LogP contribution in [0.2, 0.25) is 0 Å². The molecule has 5 aromatic carbocycles. The van der Waals surface area contributed by atoms with Gasteiger partial charge in [0.1, 0.15) is 12.1 Å². The molecule has 0 aliphatic rings. The van der Waals surface area contributed by atoms with Crippen molar-refractivity contribution in [2.45, 2.75) is 43.7 Å². The zero-order chi connectivity index (χ0) is 37.0. The molecule has 6 aromatic rings. The van der Waals surface area contributed by atoms with Crippen molar-refractivity contribution in [3.05, 3.63) is 161 Å². The van der Waals surface area contributed by atoms with Crippen molar-refractivity contribution in [1.82, 2.24) is 14.2 Å². The van der Waals surface area contributed by atoms with E-state index in [2.05, 4.69) is 4.98 Å². The number of benzene rings is 5. The van der Waals surface area contributed by atoms with Crippen molar-refractivity contribution in [2.24, 2.45) is 5.73 Å². The highest BCUT2D eigenvalue weighted by atomic mass is 32.2. The number of sulfonamides is 1. The molecular weight excluding hydrogens is 673 g/mol. The molecule has 0 radical (unpaired) electrons. The molecule has 3 amide bonds. The van der Waals surface area contributed by atoms with E-state index in [4.69, 9.17) is 5.73 Å². The predicted molar refractivity (Wildman–Crippen MR) is 203 cm³/mol. The number of carbonyl (C=O) groups excluding carboxylic acids is 3. The van der Waals surface area contributed by atoms with Crippen LogP contribution in [0.3, 0.4) is 0 Å². The Morgan fingerprint density at radius 3 is 1.92 bits per heavy atom. The smallest absolute Gasteiger partial charge is 0.267 e. The minimum atomic E-state index is -4.68. The summed E-state index contributed by atoms with van der Waals surface area (Å²) >= 11 is 0. The molecular formula is C42H40N4O5S. The number of aryl methyl sites for hydroxylation is 2. The van der Waals surface area contributed by atoms with Gasteiger partial charge < -0.3 is 15.6 Å². The highest BCUT2D eigenvalue weighted by molar-refractivity contribution is 7.89. The van der Waals surface area contributed by atoms with Crippen LogP contribution in [-0.4, -0.2) is 59.5 Å². The minimum absolute atomic E-state index is 0.0414. The van der Waals surface area contributed by atoms with Crippen LogP contribution < -0.4 is 5.73 Å². The molecule has 0 saturated heterocycles. The summed E-state index contributed by atoms with van der Waals surface area (Å²) in [7, 11) is -3.20. The SMILES string of the molecule is Cc1cc(C)cc(C(=O)N(C)[C@@H](Cc2ccc(-c3ccccc3)cc2)C(=O)N([C@@H](Cc2c[nH]c3ccccc23)C(N)=O)S(=O)(=O)c2ccccc2)c1. The zero-order valence-corrected chi connectivity index (χ0v) is 30.0. The Balaban J connectivity index is 1.47. The number of carbonyl (C=O) groups is 3. The van der Waals surface area contributed by atoms with E-state index in [9.17, 15) is 18.0 Å². The van der Waals surface area contributed by atoms with Crippen LogP contribution in [0.25, 0.3) is 22.0 Å². The minimum Gasteiger partial charge on any atom is -0.368 e. The van der Waals surface area contributed by atoms with Crippen molar-refractivity contribution >= 4 is 38.6 Å². The predicted octanol–water partition coefficient (Wildman–Crippen LogP) is 6.45. The monoisotopic (exact) mass is 712 g/mol. The molecule has 0 saturated carbocycles. The number of para-hydroxylation sites is 1. The zero-order valence-electron chi connectivity index (χ0n) is 29.2. The molecule has 1 aromatic heterocycles. The first-order chi connectivity index (χ1) is 24.9. The fourth-order valence-corrected chi connectivity index (χ4v) is 8.22. The van der Waals surface area contributed by atoms with E-state index < -0.39 is 39.8 Å². The quantitative estimate of drug-likeness (QED) is 0.151. The highest BCUT2D eigenvalue weighted by Gasteiger charge is 2.44. The molecule has 10 heteroatoms. The number of aromatic nitrogens is 1. The second kappa shape index (κ2) is 15.1. The molecule has 0 fully saturated rings. The molecule has 0 aliphatic heterocycles. The maximum atomic E-state index is 15.1. The van der Waals surface area contributed by atoms with Gasteiger partial charge in [-0.25, -0.2) is 12.7 Å². The standard InChI is InChI=1S/C42H40N4O5S/c1-28-22-29(2)24-33(23-28)41(48)45(3)39(25-30-18-20-32(21-19-30)31-12-6-4-7-13-31)42(49)46(52(50,51)35-14-8-5-9-15-35)38(40(43)47)26-34-27-44-37-17-11-10-16-36(34)37/h4-24,27,38-39,44H,25-26H2,1-3H3,(H2,43,47)/t38-,39-/m0/s1. The normalized spacial score (nSPS) is 12.6. The molecule has 264 valence electrons. The maximum Gasteiger partial charge on any atom is 0.267 e. The third-order valence-electron chi connectivity index (χ3n) is 9.25. The Labute approximate surface area is 303 Å². The number of nitrogens with two attached hydrogens (primary N) is 1. The van der Waals surface area contributed by atoms with E-state index in [1.54, 1.807) is 24.4 Å². The lowest BCUT2D eigenvalue weighted by atomic mass is 9.98. The van der Waals surface area contributed by atoms with Gasteiger partial charge >= 0.3 is 0 Å². The molecule has 52 heavy (non-hydrogen) atoms. The van der Waals surface area contributed by atoms with Gasteiger partial charge in [0.05, 0.1) is 4.90 Å². The van der Waals surface area contributed by atoms with Crippen LogP contribution in [0.15, 0.2) is 138 Å². The summed E-state index contributed by atoms with van der Waals surface area (Å²) in [6.45, 7) is 3.74. The number of nitrogens with one attached hydrogen (secondary N) is 1. The number of likely N-dealkylation sites (N-methyl/N-ethyl adjacent to an activating group) is 1. The van der Waals surface area contributed by atoms with Crippen LogP contribution in [0.4, 0.5) is 0 Å². The molecule has 6 rings (SSSR count). The van der Waals surface area contributed by atoms with Crippen molar-refractivity contribution < 1.29 is 22.8 Å². The largest absolute Gasteiger partial charge is 0.368 e. The van der Waals surface area contributed by atoms with Gasteiger partial charge in [0.15, 0.2) is 0 Å². The Bertz CT molecular complexity index is 2320.